The highest BCUT2D eigenvalue weighted by atomic mass is 35.5. The van der Waals surface area contributed by atoms with Crippen molar-refractivity contribution in [1.82, 2.24) is 9.88 Å². The molecule has 2 heterocycles. The first-order chi connectivity index (χ1) is 10.6. The molecule has 2 unspecified atom stereocenters. The van der Waals surface area contributed by atoms with Gasteiger partial charge >= 0.3 is 0 Å². The molecule has 0 radical (unpaired) electrons. The molecule has 0 spiro atoms. The molecule has 2 aromatic rings. The summed E-state index contributed by atoms with van der Waals surface area (Å²) in [5.74, 6) is 0.626. The largest absolute Gasteiger partial charge is 0.443 e. The van der Waals surface area contributed by atoms with E-state index in [9.17, 15) is 4.79 Å². The molecular formula is C16H18ClN3O2. The molecule has 1 aliphatic rings. The fourth-order valence-corrected chi connectivity index (χ4v) is 3.19. The second-order valence-corrected chi connectivity index (χ2v) is 6.06. The number of nitrogens with two attached hydrogens (primary N) is 1. The number of amides is 1. The first kappa shape index (κ1) is 15.1. The smallest absolute Gasteiger partial charge is 0.276 e. The van der Waals surface area contributed by atoms with Gasteiger partial charge in [-0.15, -0.1) is 0 Å². The van der Waals surface area contributed by atoms with E-state index in [1.807, 2.05) is 30.0 Å². The average molecular weight is 320 g/mol. The molecule has 116 valence electrons. The van der Waals surface area contributed by atoms with Crippen LogP contribution in [0.5, 0.6) is 0 Å². The lowest BCUT2D eigenvalue weighted by atomic mass is 10.1. The van der Waals surface area contributed by atoms with Gasteiger partial charge in [0, 0.05) is 18.2 Å². The minimum absolute atomic E-state index is 0.132. The molecule has 1 aromatic carbocycles. The molecule has 0 saturated carbocycles. The predicted octanol–water partition coefficient (Wildman–Crippen LogP) is 2.80. The Balaban J connectivity index is 1.92. The van der Waals surface area contributed by atoms with Gasteiger partial charge in [0.25, 0.3) is 5.91 Å². The van der Waals surface area contributed by atoms with Crippen LogP contribution in [0.1, 0.15) is 23.8 Å². The third-order valence-corrected chi connectivity index (χ3v) is 4.47. The fourth-order valence-electron chi connectivity index (χ4n) is 2.97. The van der Waals surface area contributed by atoms with E-state index >= 15 is 0 Å². The van der Waals surface area contributed by atoms with Crippen molar-refractivity contribution in [3.05, 3.63) is 41.4 Å². The number of likely N-dealkylation sites (tertiary alicyclic amines) is 1. The summed E-state index contributed by atoms with van der Waals surface area (Å²) < 4.78 is 5.43. The van der Waals surface area contributed by atoms with Crippen molar-refractivity contribution >= 4 is 17.5 Å². The molecule has 5 nitrogen and oxygen atoms in total. The molecule has 22 heavy (non-hydrogen) atoms. The number of oxazole rings is 1. The van der Waals surface area contributed by atoms with E-state index < -0.39 is 0 Å². The van der Waals surface area contributed by atoms with Crippen LogP contribution in [0.15, 0.2) is 35.1 Å². The van der Waals surface area contributed by atoms with Gasteiger partial charge in [0.05, 0.1) is 5.02 Å². The Morgan fingerprint density at radius 2 is 2.27 bits per heavy atom. The minimum atomic E-state index is -0.132. The number of aromatic nitrogens is 1. The summed E-state index contributed by atoms with van der Waals surface area (Å²) in [6.07, 6.45) is 2.20. The molecule has 3 rings (SSSR count). The molecule has 6 heteroatoms. The van der Waals surface area contributed by atoms with Crippen LogP contribution in [0.4, 0.5) is 0 Å². The van der Waals surface area contributed by atoms with Crippen LogP contribution in [-0.2, 0) is 0 Å². The first-order valence-corrected chi connectivity index (χ1v) is 7.69. The molecule has 1 saturated heterocycles. The summed E-state index contributed by atoms with van der Waals surface area (Å²) >= 11 is 6.20. The van der Waals surface area contributed by atoms with Crippen LogP contribution in [0.25, 0.3) is 11.3 Å². The Bertz CT molecular complexity index is 686. The van der Waals surface area contributed by atoms with Gasteiger partial charge in [0.1, 0.15) is 0 Å². The maximum Gasteiger partial charge on any atom is 0.276 e. The molecule has 1 amide bonds. The fraction of sp³-hybridized carbons (Fsp3) is 0.375. The van der Waals surface area contributed by atoms with E-state index in [0.29, 0.717) is 41.0 Å². The highest BCUT2D eigenvalue weighted by molar-refractivity contribution is 6.33. The molecule has 0 bridgehead atoms. The number of halogens is 1. The van der Waals surface area contributed by atoms with Crippen molar-refractivity contribution in [1.29, 1.82) is 0 Å². The first-order valence-electron chi connectivity index (χ1n) is 7.31. The molecule has 1 aromatic heterocycles. The quantitative estimate of drug-likeness (QED) is 0.944. The zero-order valence-corrected chi connectivity index (χ0v) is 13.1. The Morgan fingerprint density at radius 1 is 1.50 bits per heavy atom. The van der Waals surface area contributed by atoms with E-state index in [1.54, 1.807) is 6.07 Å². The second-order valence-electron chi connectivity index (χ2n) is 5.65. The molecule has 1 fully saturated rings. The average Bonchev–Trinajstić information content (AvgIpc) is 3.13. The Kier molecular flexibility index (Phi) is 4.18. The zero-order valence-electron chi connectivity index (χ0n) is 12.3. The van der Waals surface area contributed by atoms with Gasteiger partial charge in [-0.05, 0) is 37.9 Å². The van der Waals surface area contributed by atoms with Gasteiger partial charge in [-0.2, -0.15) is 0 Å². The summed E-state index contributed by atoms with van der Waals surface area (Å²) in [5, 5.41) is 0.530. The number of hydrogen-bond acceptors (Lipinski definition) is 4. The lowest BCUT2D eigenvalue weighted by Gasteiger charge is -2.20. The van der Waals surface area contributed by atoms with Gasteiger partial charge in [-0.1, -0.05) is 23.7 Å². The number of carbonyl (C=O) groups excluding carboxylic acids is 1. The Morgan fingerprint density at radius 3 is 2.95 bits per heavy atom. The number of benzene rings is 1. The molecule has 0 aliphatic carbocycles. The van der Waals surface area contributed by atoms with Crippen molar-refractivity contribution in [2.24, 2.45) is 11.7 Å². The normalized spacial score (nSPS) is 21.3. The summed E-state index contributed by atoms with van der Waals surface area (Å²) in [6.45, 7) is 3.28. The maximum absolute atomic E-state index is 12.8. The molecule has 2 N–H and O–H groups in total. The number of rotatable bonds is 3. The third-order valence-electron chi connectivity index (χ3n) is 4.14. The zero-order chi connectivity index (χ0) is 15.7. The van der Waals surface area contributed by atoms with E-state index in [0.717, 1.165) is 6.42 Å². The van der Waals surface area contributed by atoms with Crippen LogP contribution in [-0.4, -0.2) is 34.9 Å². The lowest BCUT2D eigenvalue weighted by molar-refractivity contribution is 0.0738. The molecule has 1 aliphatic heterocycles. The minimum Gasteiger partial charge on any atom is -0.443 e. The molecule has 2 atom stereocenters. The van der Waals surface area contributed by atoms with Crippen molar-refractivity contribution in [2.75, 3.05) is 13.1 Å². The van der Waals surface area contributed by atoms with Gasteiger partial charge in [0.2, 0.25) is 0 Å². The SMILES string of the molecule is CC1CC(CN)CN1C(=O)c1ncoc1-c1ccccc1Cl. The third kappa shape index (κ3) is 2.62. The van der Waals surface area contributed by atoms with E-state index in [-0.39, 0.29) is 11.9 Å². The van der Waals surface area contributed by atoms with Crippen molar-refractivity contribution in [2.45, 2.75) is 19.4 Å². The van der Waals surface area contributed by atoms with Crippen molar-refractivity contribution < 1.29 is 9.21 Å². The summed E-state index contributed by atoms with van der Waals surface area (Å²) in [7, 11) is 0. The monoisotopic (exact) mass is 319 g/mol. The standard InChI is InChI=1S/C16H18ClN3O2/c1-10-6-11(7-18)8-20(10)16(21)14-15(22-9-19-14)12-4-2-3-5-13(12)17/h2-5,9-11H,6-8,18H2,1H3. The van der Waals surface area contributed by atoms with Gasteiger partial charge < -0.3 is 15.1 Å². The highest BCUT2D eigenvalue weighted by Crippen LogP contribution is 2.32. The van der Waals surface area contributed by atoms with E-state index in [4.69, 9.17) is 21.8 Å². The van der Waals surface area contributed by atoms with E-state index in [2.05, 4.69) is 4.98 Å². The summed E-state index contributed by atoms with van der Waals surface area (Å²) in [6, 6.07) is 7.41. The van der Waals surface area contributed by atoms with Crippen LogP contribution < -0.4 is 5.73 Å². The van der Waals surface area contributed by atoms with E-state index in [1.165, 1.54) is 6.39 Å². The summed E-state index contributed by atoms with van der Waals surface area (Å²) in [4.78, 5) is 18.7. The van der Waals surface area contributed by atoms with Crippen LogP contribution in [0.2, 0.25) is 5.02 Å². The number of carbonyl (C=O) groups is 1. The van der Waals surface area contributed by atoms with Gasteiger partial charge in [-0.3, -0.25) is 4.79 Å². The Hall–Kier alpha value is -1.85. The highest BCUT2D eigenvalue weighted by Gasteiger charge is 2.34. The molecular weight excluding hydrogens is 302 g/mol. The topological polar surface area (TPSA) is 72.4 Å². The second kappa shape index (κ2) is 6.10. The van der Waals surface area contributed by atoms with Gasteiger partial charge in [-0.25, -0.2) is 4.98 Å². The Labute approximate surface area is 134 Å². The maximum atomic E-state index is 12.8. The van der Waals surface area contributed by atoms with Crippen LogP contribution >= 0.6 is 11.6 Å². The predicted molar refractivity (Wildman–Crippen MR) is 84.6 cm³/mol. The van der Waals surface area contributed by atoms with Crippen LogP contribution in [0, 0.1) is 5.92 Å². The number of nitrogens with zero attached hydrogens (tertiary/aromatic N) is 2. The summed E-state index contributed by atoms with van der Waals surface area (Å²) in [5.41, 5.74) is 6.71. The lowest BCUT2D eigenvalue weighted by Crippen LogP contribution is -2.35. The van der Waals surface area contributed by atoms with Crippen molar-refractivity contribution in [3.8, 4) is 11.3 Å². The number of hydrogen-bond donors (Lipinski definition) is 1. The van der Waals surface area contributed by atoms with Gasteiger partial charge in [0.15, 0.2) is 17.8 Å². The van der Waals surface area contributed by atoms with Crippen LogP contribution in [0.3, 0.4) is 0 Å². The van der Waals surface area contributed by atoms with Crippen molar-refractivity contribution in [3.63, 3.8) is 0 Å².